The predicted molar refractivity (Wildman–Crippen MR) is 87.0 cm³/mol. The maximum atomic E-state index is 4.41. The molecule has 4 nitrogen and oxygen atoms in total. The minimum Gasteiger partial charge on any atom is -0.370 e. The van der Waals surface area contributed by atoms with Crippen molar-refractivity contribution in [3.63, 3.8) is 0 Å². The van der Waals surface area contributed by atoms with Crippen molar-refractivity contribution in [1.82, 2.24) is 9.97 Å². The van der Waals surface area contributed by atoms with E-state index in [1.54, 1.807) is 0 Å². The highest BCUT2D eigenvalue weighted by Gasteiger charge is 2.01. The van der Waals surface area contributed by atoms with Crippen molar-refractivity contribution < 1.29 is 0 Å². The minimum absolute atomic E-state index is 0.739. The molecule has 2 rings (SSSR count). The van der Waals surface area contributed by atoms with Crippen molar-refractivity contribution in [1.29, 1.82) is 0 Å². The van der Waals surface area contributed by atoms with Crippen LogP contribution in [0.4, 0.5) is 11.6 Å². The molecular formula is C15H19BrN4. The number of hydrogen-bond acceptors (Lipinski definition) is 4. The monoisotopic (exact) mass is 334 g/mol. The van der Waals surface area contributed by atoms with Gasteiger partial charge in [0.05, 0.1) is 0 Å². The lowest BCUT2D eigenvalue weighted by Crippen LogP contribution is -2.07. The number of hydrogen-bond donors (Lipinski definition) is 2. The summed E-state index contributed by atoms with van der Waals surface area (Å²) in [4.78, 5) is 8.78. The van der Waals surface area contributed by atoms with Gasteiger partial charge < -0.3 is 10.6 Å². The molecule has 5 heteroatoms. The summed E-state index contributed by atoms with van der Waals surface area (Å²) in [6, 6.07) is 10.2. The highest BCUT2D eigenvalue weighted by molar-refractivity contribution is 9.10. The highest BCUT2D eigenvalue weighted by atomic mass is 79.9. The molecule has 106 valence electrons. The fourth-order valence-corrected chi connectivity index (χ4v) is 2.29. The first-order chi connectivity index (χ1) is 9.67. The third kappa shape index (κ3) is 4.49. The fourth-order valence-electron chi connectivity index (χ4n) is 1.84. The van der Waals surface area contributed by atoms with E-state index in [4.69, 9.17) is 0 Å². The molecule has 20 heavy (non-hydrogen) atoms. The number of aromatic nitrogens is 2. The van der Waals surface area contributed by atoms with Crippen LogP contribution in [0.1, 0.15) is 24.7 Å². The Balaban J connectivity index is 2.03. The summed E-state index contributed by atoms with van der Waals surface area (Å²) < 4.78 is 1.08. The van der Waals surface area contributed by atoms with Crippen LogP contribution in [0.15, 0.2) is 34.8 Å². The molecule has 0 aliphatic rings. The zero-order valence-electron chi connectivity index (χ0n) is 11.8. The van der Waals surface area contributed by atoms with E-state index >= 15 is 0 Å². The fraction of sp³-hybridized carbons (Fsp3) is 0.333. The first kappa shape index (κ1) is 14.8. The molecule has 0 fully saturated rings. The van der Waals surface area contributed by atoms with E-state index in [1.807, 2.05) is 25.1 Å². The van der Waals surface area contributed by atoms with Gasteiger partial charge in [0.15, 0.2) is 0 Å². The molecule has 2 N–H and O–H groups in total. The largest absolute Gasteiger partial charge is 0.370 e. The summed E-state index contributed by atoms with van der Waals surface area (Å²) in [7, 11) is 0. The van der Waals surface area contributed by atoms with Crippen molar-refractivity contribution in [2.45, 2.75) is 26.8 Å². The second kappa shape index (κ2) is 7.24. The van der Waals surface area contributed by atoms with Crippen LogP contribution in [0.25, 0.3) is 0 Å². The average Bonchev–Trinajstić information content (AvgIpc) is 2.42. The normalized spacial score (nSPS) is 10.3. The van der Waals surface area contributed by atoms with Gasteiger partial charge in [-0.25, -0.2) is 9.97 Å². The molecule has 0 aliphatic heterocycles. The predicted octanol–water partition coefficient (Wildman–Crippen LogP) is 3.98. The van der Waals surface area contributed by atoms with Crippen LogP contribution in [0.2, 0.25) is 0 Å². The van der Waals surface area contributed by atoms with Crippen molar-refractivity contribution in [3.8, 4) is 0 Å². The van der Waals surface area contributed by atoms with Crippen molar-refractivity contribution in [2.75, 3.05) is 17.2 Å². The first-order valence-electron chi connectivity index (χ1n) is 6.75. The summed E-state index contributed by atoms with van der Waals surface area (Å²) in [6.45, 7) is 5.69. The van der Waals surface area contributed by atoms with E-state index < -0.39 is 0 Å². The molecule has 1 aromatic heterocycles. The molecule has 0 spiro atoms. The number of nitrogens with one attached hydrogen (secondary N) is 2. The third-order valence-corrected chi connectivity index (χ3v) is 3.25. The standard InChI is InChI=1S/C15H19BrN4/c1-3-7-17-14-9-15(20-11(2)19-14)18-10-12-5-4-6-13(16)8-12/h4-6,8-9H,3,7,10H2,1-2H3,(H2,17,18,19,20). The average molecular weight is 335 g/mol. The summed E-state index contributed by atoms with van der Waals surface area (Å²) in [5.41, 5.74) is 1.21. The Bertz CT molecular complexity index is 572. The van der Waals surface area contributed by atoms with Crippen LogP contribution in [-0.2, 0) is 6.54 Å². The van der Waals surface area contributed by atoms with Gasteiger partial charge in [-0.1, -0.05) is 35.0 Å². The Morgan fingerprint density at radius 3 is 2.55 bits per heavy atom. The SMILES string of the molecule is CCCNc1cc(NCc2cccc(Br)c2)nc(C)n1. The second-order valence-electron chi connectivity index (χ2n) is 4.60. The second-order valence-corrected chi connectivity index (χ2v) is 5.51. The smallest absolute Gasteiger partial charge is 0.132 e. The van der Waals surface area contributed by atoms with Crippen molar-refractivity contribution in [3.05, 3.63) is 46.2 Å². The highest BCUT2D eigenvalue weighted by Crippen LogP contribution is 2.15. The molecule has 0 unspecified atom stereocenters. The van der Waals surface area contributed by atoms with E-state index in [1.165, 1.54) is 5.56 Å². The Morgan fingerprint density at radius 2 is 1.85 bits per heavy atom. The maximum absolute atomic E-state index is 4.41. The summed E-state index contributed by atoms with van der Waals surface area (Å²) in [5, 5.41) is 6.62. The van der Waals surface area contributed by atoms with Gasteiger partial charge in [0, 0.05) is 23.6 Å². The van der Waals surface area contributed by atoms with Crippen LogP contribution in [0.3, 0.4) is 0 Å². The number of halogens is 1. The topological polar surface area (TPSA) is 49.8 Å². The quantitative estimate of drug-likeness (QED) is 0.838. The van der Waals surface area contributed by atoms with Crippen molar-refractivity contribution in [2.24, 2.45) is 0 Å². The molecule has 0 saturated heterocycles. The van der Waals surface area contributed by atoms with Gasteiger partial charge in [-0.15, -0.1) is 0 Å². The Labute approximate surface area is 128 Å². The molecule has 1 aromatic carbocycles. The molecule has 0 aliphatic carbocycles. The lowest BCUT2D eigenvalue weighted by Gasteiger charge is -2.10. The molecule has 0 atom stereocenters. The van der Waals surface area contributed by atoms with Gasteiger partial charge in [0.1, 0.15) is 17.5 Å². The first-order valence-corrected chi connectivity index (χ1v) is 7.54. The van der Waals surface area contributed by atoms with E-state index in [0.29, 0.717) is 0 Å². The van der Waals surface area contributed by atoms with Crippen LogP contribution in [0, 0.1) is 6.92 Å². The molecule has 0 bridgehead atoms. The Morgan fingerprint density at radius 1 is 1.10 bits per heavy atom. The Hall–Kier alpha value is -1.62. The molecule has 0 saturated carbocycles. The zero-order valence-corrected chi connectivity index (χ0v) is 13.4. The van der Waals surface area contributed by atoms with Crippen molar-refractivity contribution >= 4 is 27.6 Å². The molecule has 1 heterocycles. The number of nitrogens with zero attached hydrogens (tertiary/aromatic N) is 2. The van der Waals surface area contributed by atoms with Gasteiger partial charge in [0.2, 0.25) is 0 Å². The van der Waals surface area contributed by atoms with Gasteiger partial charge in [0.25, 0.3) is 0 Å². The molecule has 0 radical (unpaired) electrons. The molecule has 0 amide bonds. The number of aryl methyl sites for hydroxylation is 1. The third-order valence-electron chi connectivity index (χ3n) is 2.76. The van der Waals surface area contributed by atoms with Gasteiger partial charge in [-0.05, 0) is 31.0 Å². The minimum atomic E-state index is 0.739. The molecular weight excluding hydrogens is 316 g/mol. The van der Waals surface area contributed by atoms with Gasteiger partial charge in [-0.2, -0.15) is 0 Å². The lowest BCUT2D eigenvalue weighted by atomic mass is 10.2. The van der Waals surface area contributed by atoms with E-state index in [-0.39, 0.29) is 0 Å². The van der Waals surface area contributed by atoms with E-state index in [0.717, 1.165) is 41.4 Å². The number of benzene rings is 1. The summed E-state index contributed by atoms with van der Waals surface area (Å²) in [5.74, 6) is 2.48. The lowest BCUT2D eigenvalue weighted by molar-refractivity contribution is 0.951. The van der Waals surface area contributed by atoms with Crippen LogP contribution < -0.4 is 10.6 Å². The van der Waals surface area contributed by atoms with Crippen LogP contribution >= 0.6 is 15.9 Å². The number of rotatable bonds is 6. The van der Waals surface area contributed by atoms with Gasteiger partial charge >= 0.3 is 0 Å². The summed E-state index contributed by atoms with van der Waals surface area (Å²) >= 11 is 3.48. The summed E-state index contributed by atoms with van der Waals surface area (Å²) in [6.07, 6.45) is 1.07. The van der Waals surface area contributed by atoms with E-state index in [9.17, 15) is 0 Å². The van der Waals surface area contributed by atoms with Crippen LogP contribution in [-0.4, -0.2) is 16.5 Å². The van der Waals surface area contributed by atoms with E-state index in [2.05, 4.69) is 55.6 Å². The zero-order chi connectivity index (χ0) is 14.4. The van der Waals surface area contributed by atoms with Crippen LogP contribution in [0.5, 0.6) is 0 Å². The maximum Gasteiger partial charge on any atom is 0.132 e. The number of anilines is 2. The molecule has 2 aromatic rings. The van der Waals surface area contributed by atoms with Gasteiger partial charge in [-0.3, -0.25) is 0 Å². The Kier molecular flexibility index (Phi) is 5.35.